The molecule has 1 amide bonds. The lowest BCUT2D eigenvalue weighted by molar-refractivity contribution is -0.133. The number of benzene rings is 3. The fourth-order valence-electron chi connectivity index (χ4n) is 3.30. The molecular weight excluding hydrogens is 402 g/mol. The molecule has 0 saturated carbocycles. The second-order valence-electron chi connectivity index (χ2n) is 7.34. The zero-order chi connectivity index (χ0) is 22.3. The van der Waals surface area contributed by atoms with Crippen molar-refractivity contribution < 1.29 is 14.3 Å². The van der Waals surface area contributed by atoms with Gasteiger partial charge in [0.2, 0.25) is 0 Å². The zero-order valence-corrected chi connectivity index (χ0v) is 17.7. The van der Waals surface area contributed by atoms with Gasteiger partial charge in [-0.25, -0.2) is 9.48 Å². The third-order valence-corrected chi connectivity index (χ3v) is 5.00. The number of hydrogen-bond acceptors (Lipinski definition) is 4. The highest BCUT2D eigenvalue weighted by molar-refractivity contribution is 5.91. The van der Waals surface area contributed by atoms with Crippen LogP contribution in [0.3, 0.4) is 0 Å². The SMILES string of the molecule is CN(Cc1ccccc1)C(=O)COC(=O)c1cc(-c2ccccc2)nn1-c1ccccc1. The van der Waals surface area contributed by atoms with Gasteiger partial charge in [-0.2, -0.15) is 5.10 Å². The average molecular weight is 425 g/mol. The van der Waals surface area contributed by atoms with E-state index in [4.69, 9.17) is 4.74 Å². The summed E-state index contributed by atoms with van der Waals surface area (Å²) in [6.07, 6.45) is 0. The van der Waals surface area contributed by atoms with Crippen molar-refractivity contribution in [1.29, 1.82) is 0 Å². The normalized spacial score (nSPS) is 10.5. The summed E-state index contributed by atoms with van der Waals surface area (Å²) >= 11 is 0. The quantitative estimate of drug-likeness (QED) is 0.413. The number of rotatable bonds is 7. The summed E-state index contributed by atoms with van der Waals surface area (Å²) in [5, 5.41) is 4.61. The van der Waals surface area contributed by atoms with E-state index >= 15 is 0 Å². The van der Waals surface area contributed by atoms with Crippen LogP contribution in [-0.4, -0.2) is 40.2 Å². The molecule has 1 aromatic heterocycles. The lowest BCUT2D eigenvalue weighted by Crippen LogP contribution is -2.31. The molecule has 0 spiro atoms. The minimum atomic E-state index is -0.606. The van der Waals surface area contributed by atoms with E-state index in [0.717, 1.165) is 16.8 Å². The Bertz CT molecular complexity index is 1190. The average Bonchev–Trinajstić information content (AvgIpc) is 3.30. The van der Waals surface area contributed by atoms with Crippen LogP contribution in [0.2, 0.25) is 0 Å². The van der Waals surface area contributed by atoms with Gasteiger partial charge in [-0.1, -0.05) is 78.9 Å². The van der Waals surface area contributed by atoms with E-state index in [0.29, 0.717) is 12.2 Å². The largest absolute Gasteiger partial charge is 0.451 e. The number of ether oxygens (including phenoxy) is 1. The molecule has 160 valence electrons. The van der Waals surface area contributed by atoms with Gasteiger partial charge in [0, 0.05) is 19.2 Å². The summed E-state index contributed by atoms with van der Waals surface area (Å²) in [6.45, 7) is 0.0974. The first-order valence-electron chi connectivity index (χ1n) is 10.3. The van der Waals surface area contributed by atoms with Crippen LogP contribution in [0, 0.1) is 0 Å². The molecule has 0 radical (unpaired) electrons. The molecule has 0 aliphatic carbocycles. The van der Waals surface area contributed by atoms with Gasteiger partial charge in [-0.15, -0.1) is 0 Å². The number of para-hydroxylation sites is 1. The van der Waals surface area contributed by atoms with Crippen molar-refractivity contribution in [3.8, 4) is 16.9 Å². The van der Waals surface area contributed by atoms with Crippen LogP contribution in [0.5, 0.6) is 0 Å². The molecule has 1 heterocycles. The Kier molecular flexibility index (Phi) is 6.41. The van der Waals surface area contributed by atoms with Crippen LogP contribution in [0.4, 0.5) is 0 Å². The number of esters is 1. The molecule has 0 aliphatic heterocycles. The van der Waals surface area contributed by atoms with Gasteiger partial charge in [0.1, 0.15) is 0 Å². The lowest BCUT2D eigenvalue weighted by atomic mass is 10.1. The fourth-order valence-corrected chi connectivity index (χ4v) is 3.30. The molecule has 6 heteroatoms. The first kappa shape index (κ1) is 21.1. The highest BCUT2D eigenvalue weighted by Crippen LogP contribution is 2.22. The summed E-state index contributed by atoms with van der Waals surface area (Å²) in [5.74, 6) is -0.888. The molecule has 4 rings (SSSR count). The molecule has 0 N–H and O–H groups in total. The number of nitrogens with zero attached hydrogens (tertiary/aromatic N) is 3. The van der Waals surface area contributed by atoms with Crippen LogP contribution in [0.25, 0.3) is 16.9 Å². The summed E-state index contributed by atoms with van der Waals surface area (Å²) in [7, 11) is 1.69. The monoisotopic (exact) mass is 425 g/mol. The zero-order valence-electron chi connectivity index (χ0n) is 17.7. The van der Waals surface area contributed by atoms with Gasteiger partial charge in [-0.05, 0) is 23.8 Å². The highest BCUT2D eigenvalue weighted by atomic mass is 16.5. The standard InChI is InChI=1S/C26H23N3O3/c1-28(18-20-11-5-2-6-12-20)25(30)19-32-26(31)24-17-23(21-13-7-3-8-14-21)27-29(24)22-15-9-4-10-16-22/h2-17H,18-19H2,1H3. The maximum Gasteiger partial charge on any atom is 0.357 e. The first-order chi connectivity index (χ1) is 15.6. The molecule has 32 heavy (non-hydrogen) atoms. The minimum absolute atomic E-state index is 0.258. The molecule has 0 bridgehead atoms. The van der Waals surface area contributed by atoms with Crippen molar-refractivity contribution in [2.75, 3.05) is 13.7 Å². The predicted octanol–water partition coefficient (Wildman–Crippen LogP) is 4.35. The molecular formula is C26H23N3O3. The van der Waals surface area contributed by atoms with Crippen molar-refractivity contribution >= 4 is 11.9 Å². The van der Waals surface area contributed by atoms with E-state index in [2.05, 4.69) is 5.10 Å². The van der Waals surface area contributed by atoms with Gasteiger partial charge in [-0.3, -0.25) is 4.79 Å². The third-order valence-electron chi connectivity index (χ3n) is 5.00. The van der Waals surface area contributed by atoms with Gasteiger partial charge >= 0.3 is 5.97 Å². The highest BCUT2D eigenvalue weighted by Gasteiger charge is 2.20. The molecule has 0 fully saturated rings. The van der Waals surface area contributed by atoms with Crippen LogP contribution < -0.4 is 0 Å². The van der Waals surface area contributed by atoms with Crippen molar-refractivity contribution in [2.45, 2.75) is 6.54 Å². The molecule has 3 aromatic carbocycles. The van der Waals surface area contributed by atoms with Crippen molar-refractivity contribution in [3.63, 3.8) is 0 Å². The van der Waals surface area contributed by atoms with Crippen LogP contribution in [-0.2, 0) is 16.1 Å². The second-order valence-corrected chi connectivity index (χ2v) is 7.34. The van der Waals surface area contributed by atoms with Crippen molar-refractivity contribution in [2.24, 2.45) is 0 Å². The summed E-state index contributed by atoms with van der Waals surface area (Å²) < 4.78 is 6.91. The van der Waals surface area contributed by atoms with Gasteiger partial charge in [0.25, 0.3) is 5.91 Å². The Morgan fingerprint density at radius 3 is 2.12 bits per heavy atom. The smallest absolute Gasteiger partial charge is 0.357 e. The van der Waals surface area contributed by atoms with E-state index in [1.807, 2.05) is 91.0 Å². The molecule has 4 aromatic rings. The Morgan fingerprint density at radius 2 is 1.47 bits per heavy atom. The fraction of sp³-hybridized carbons (Fsp3) is 0.115. The lowest BCUT2D eigenvalue weighted by Gasteiger charge is -2.17. The van der Waals surface area contributed by atoms with Gasteiger partial charge < -0.3 is 9.64 Å². The van der Waals surface area contributed by atoms with Gasteiger partial charge in [0.05, 0.1) is 11.4 Å². The Morgan fingerprint density at radius 1 is 0.875 bits per heavy atom. The maximum absolute atomic E-state index is 12.9. The number of hydrogen-bond donors (Lipinski definition) is 0. The third kappa shape index (κ3) is 4.92. The molecule has 0 unspecified atom stereocenters. The van der Waals surface area contributed by atoms with E-state index in [1.54, 1.807) is 17.8 Å². The first-order valence-corrected chi connectivity index (χ1v) is 10.3. The Hall–Kier alpha value is -4.19. The summed E-state index contributed by atoms with van der Waals surface area (Å²) in [4.78, 5) is 26.9. The Balaban J connectivity index is 1.51. The van der Waals surface area contributed by atoms with Gasteiger partial charge in [0.15, 0.2) is 12.3 Å². The van der Waals surface area contributed by atoms with Crippen molar-refractivity contribution in [3.05, 3.63) is 108 Å². The Labute approximate surface area is 186 Å². The van der Waals surface area contributed by atoms with E-state index in [9.17, 15) is 9.59 Å². The van der Waals surface area contributed by atoms with Crippen molar-refractivity contribution in [1.82, 2.24) is 14.7 Å². The maximum atomic E-state index is 12.9. The molecule has 0 saturated heterocycles. The number of likely N-dealkylation sites (N-methyl/N-ethyl adjacent to an activating group) is 1. The molecule has 0 aliphatic rings. The minimum Gasteiger partial charge on any atom is -0.451 e. The van der Waals surface area contributed by atoms with Crippen LogP contribution in [0.15, 0.2) is 97.1 Å². The van der Waals surface area contributed by atoms with Crippen LogP contribution in [0.1, 0.15) is 16.1 Å². The molecule has 6 nitrogen and oxygen atoms in total. The number of amides is 1. The second kappa shape index (κ2) is 9.75. The predicted molar refractivity (Wildman–Crippen MR) is 122 cm³/mol. The van der Waals surface area contributed by atoms with E-state index < -0.39 is 5.97 Å². The topological polar surface area (TPSA) is 64.4 Å². The number of carbonyl (C=O) groups is 2. The van der Waals surface area contributed by atoms with E-state index in [1.165, 1.54) is 4.90 Å². The van der Waals surface area contributed by atoms with Crippen LogP contribution >= 0.6 is 0 Å². The molecule has 0 atom stereocenters. The number of aromatic nitrogens is 2. The van der Waals surface area contributed by atoms with E-state index in [-0.39, 0.29) is 18.2 Å². The summed E-state index contributed by atoms with van der Waals surface area (Å²) in [6, 6.07) is 30.3. The number of carbonyl (C=O) groups excluding carboxylic acids is 2. The summed E-state index contributed by atoms with van der Waals surface area (Å²) in [5.41, 5.74) is 3.52.